The Balaban J connectivity index is 1.49. The highest BCUT2D eigenvalue weighted by atomic mass is 16.5. The summed E-state index contributed by atoms with van der Waals surface area (Å²) in [5, 5.41) is 3.00. The van der Waals surface area contributed by atoms with Crippen LogP contribution in [0.15, 0.2) is 47.5 Å². The number of carbonyl (C=O) groups excluding carboxylic acids is 1. The van der Waals surface area contributed by atoms with Crippen LogP contribution in [-0.4, -0.2) is 59.3 Å². The molecule has 1 amide bonds. The van der Waals surface area contributed by atoms with Crippen molar-refractivity contribution in [2.24, 2.45) is 7.05 Å². The van der Waals surface area contributed by atoms with Gasteiger partial charge in [0.15, 0.2) is 12.4 Å². The number of benzene rings is 1. The van der Waals surface area contributed by atoms with Crippen LogP contribution in [-0.2, 0) is 16.6 Å². The van der Waals surface area contributed by atoms with E-state index in [4.69, 9.17) is 9.47 Å². The zero-order valence-corrected chi connectivity index (χ0v) is 14.6. The predicted octanol–water partition coefficient (Wildman–Crippen LogP) is 0.499. The third-order valence-electron chi connectivity index (χ3n) is 4.11. The number of morpholine rings is 1. The van der Waals surface area contributed by atoms with Crippen molar-refractivity contribution in [2.45, 2.75) is 6.10 Å². The molecule has 1 aromatic heterocycles. The van der Waals surface area contributed by atoms with Gasteiger partial charge in [-0.05, 0) is 12.1 Å². The largest absolute Gasteiger partial charge is 0.484 e. The minimum atomic E-state index is -0.212. The molecule has 1 fully saturated rings. The Morgan fingerprint density at radius 3 is 3.00 bits per heavy atom. The van der Waals surface area contributed by atoms with Crippen LogP contribution >= 0.6 is 0 Å². The Bertz CT molecular complexity index is 793. The highest BCUT2D eigenvalue weighted by molar-refractivity contribution is 5.77. The first-order valence-electron chi connectivity index (χ1n) is 8.46. The van der Waals surface area contributed by atoms with Gasteiger partial charge in [0.2, 0.25) is 0 Å². The van der Waals surface area contributed by atoms with E-state index in [2.05, 4.69) is 10.3 Å². The van der Waals surface area contributed by atoms with Gasteiger partial charge in [-0.25, -0.2) is 4.98 Å². The van der Waals surface area contributed by atoms with E-state index < -0.39 is 0 Å². The molecule has 3 rings (SSSR count). The molecular formula is C18H22N4O4. The Morgan fingerprint density at radius 2 is 2.19 bits per heavy atom. The normalized spacial score (nSPS) is 17.0. The number of anilines is 1. The number of hydrogen-bond acceptors (Lipinski definition) is 6. The average Bonchev–Trinajstić information content (AvgIpc) is 2.68. The first kappa shape index (κ1) is 17.9. The van der Waals surface area contributed by atoms with Gasteiger partial charge in [0.1, 0.15) is 5.75 Å². The highest BCUT2D eigenvalue weighted by Crippen LogP contribution is 2.10. The second kappa shape index (κ2) is 8.48. The van der Waals surface area contributed by atoms with E-state index in [0.29, 0.717) is 32.0 Å². The smallest absolute Gasteiger partial charge is 0.293 e. The molecule has 0 saturated carbocycles. The molecule has 8 nitrogen and oxygen atoms in total. The Morgan fingerprint density at radius 1 is 1.38 bits per heavy atom. The number of ether oxygens (including phenoxy) is 2. The molecule has 26 heavy (non-hydrogen) atoms. The van der Waals surface area contributed by atoms with Gasteiger partial charge in [0.25, 0.3) is 11.5 Å². The molecule has 1 N–H and O–H groups in total. The molecule has 1 aromatic carbocycles. The zero-order chi connectivity index (χ0) is 18.4. The number of carbonyl (C=O) groups is 1. The molecule has 0 aliphatic carbocycles. The highest BCUT2D eigenvalue weighted by Gasteiger charge is 2.24. The molecule has 1 unspecified atom stereocenters. The fourth-order valence-electron chi connectivity index (χ4n) is 2.65. The predicted molar refractivity (Wildman–Crippen MR) is 96.2 cm³/mol. The maximum atomic E-state index is 12.3. The van der Waals surface area contributed by atoms with Crippen LogP contribution in [0.4, 0.5) is 5.82 Å². The molecular weight excluding hydrogens is 336 g/mol. The molecule has 2 aromatic rings. The maximum absolute atomic E-state index is 12.3. The number of rotatable bonds is 6. The van der Waals surface area contributed by atoms with Crippen molar-refractivity contribution >= 4 is 11.7 Å². The summed E-state index contributed by atoms with van der Waals surface area (Å²) < 4.78 is 12.6. The van der Waals surface area contributed by atoms with Gasteiger partial charge in [0.05, 0.1) is 12.7 Å². The van der Waals surface area contributed by atoms with Crippen LogP contribution in [0.5, 0.6) is 5.75 Å². The summed E-state index contributed by atoms with van der Waals surface area (Å²) in [4.78, 5) is 30.1. The lowest BCUT2D eigenvalue weighted by Crippen LogP contribution is -2.49. The van der Waals surface area contributed by atoms with Gasteiger partial charge in [-0.3, -0.25) is 9.59 Å². The molecule has 2 heterocycles. The fourth-order valence-corrected chi connectivity index (χ4v) is 2.65. The van der Waals surface area contributed by atoms with Crippen LogP contribution < -0.4 is 15.6 Å². The molecule has 8 heteroatoms. The SMILES string of the molecule is Cn1ccnc(NCC2CN(C(=O)COc3ccccc3)CCO2)c1=O. The monoisotopic (exact) mass is 358 g/mol. The van der Waals surface area contributed by atoms with Gasteiger partial charge < -0.3 is 24.3 Å². The second-order valence-electron chi connectivity index (χ2n) is 6.01. The van der Waals surface area contributed by atoms with E-state index in [1.165, 1.54) is 4.57 Å². The van der Waals surface area contributed by atoms with E-state index in [9.17, 15) is 9.59 Å². The van der Waals surface area contributed by atoms with Crippen molar-refractivity contribution in [1.29, 1.82) is 0 Å². The van der Waals surface area contributed by atoms with Gasteiger partial charge >= 0.3 is 0 Å². The third kappa shape index (κ3) is 4.60. The van der Waals surface area contributed by atoms with E-state index in [0.717, 1.165) is 0 Å². The Hall–Kier alpha value is -2.87. The van der Waals surface area contributed by atoms with E-state index >= 15 is 0 Å². The summed E-state index contributed by atoms with van der Waals surface area (Å²) in [6.07, 6.45) is 2.94. The molecule has 0 radical (unpaired) electrons. The summed E-state index contributed by atoms with van der Waals surface area (Å²) in [7, 11) is 1.67. The van der Waals surface area contributed by atoms with E-state index in [1.807, 2.05) is 30.3 Å². The van der Waals surface area contributed by atoms with Crippen molar-refractivity contribution in [1.82, 2.24) is 14.5 Å². The van der Waals surface area contributed by atoms with Crippen molar-refractivity contribution < 1.29 is 14.3 Å². The number of para-hydroxylation sites is 1. The number of hydrogen-bond donors (Lipinski definition) is 1. The molecule has 1 atom stereocenters. The number of aryl methyl sites for hydroxylation is 1. The topological polar surface area (TPSA) is 85.7 Å². The minimum absolute atomic E-state index is 0.00898. The molecule has 1 saturated heterocycles. The number of nitrogens with one attached hydrogen (secondary N) is 1. The maximum Gasteiger partial charge on any atom is 0.293 e. The van der Waals surface area contributed by atoms with Gasteiger partial charge in [-0.2, -0.15) is 0 Å². The van der Waals surface area contributed by atoms with Crippen molar-refractivity contribution in [3.8, 4) is 5.75 Å². The van der Waals surface area contributed by atoms with Crippen LogP contribution in [0.3, 0.4) is 0 Å². The molecule has 1 aliphatic heterocycles. The lowest BCUT2D eigenvalue weighted by atomic mass is 10.2. The standard InChI is InChI=1S/C18H22N4O4/c1-21-8-7-19-17(18(21)24)20-11-15-12-22(9-10-25-15)16(23)13-26-14-5-3-2-4-6-14/h2-8,15H,9-13H2,1H3,(H,19,20). The minimum Gasteiger partial charge on any atom is -0.484 e. The summed E-state index contributed by atoms with van der Waals surface area (Å²) in [5.74, 6) is 0.851. The first-order valence-corrected chi connectivity index (χ1v) is 8.46. The van der Waals surface area contributed by atoms with Crippen LogP contribution in [0.2, 0.25) is 0 Å². The lowest BCUT2D eigenvalue weighted by Gasteiger charge is -2.33. The average molecular weight is 358 g/mol. The van der Waals surface area contributed by atoms with Crippen molar-refractivity contribution in [3.05, 3.63) is 53.1 Å². The first-order chi connectivity index (χ1) is 12.6. The van der Waals surface area contributed by atoms with Gasteiger partial charge in [-0.1, -0.05) is 18.2 Å². The quantitative estimate of drug-likeness (QED) is 0.809. The molecule has 1 aliphatic rings. The van der Waals surface area contributed by atoms with E-state index in [-0.39, 0.29) is 30.0 Å². The van der Waals surface area contributed by atoms with Crippen LogP contribution in [0.25, 0.3) is 0 Å². The number of nitrogens with zero attached hydrogens (tertiary/aromatic N) is 3. The third-order valence-corrected chi connectivity index (χ3v) is 4.11. The second-order valence-corrected chi connectivity index (χ2v) is 6.01. The number of amides is 1. The summed E-state index contributed by atoms with van der Waals surface area (Å²) >= 11 is 0. The van der Waals surface area contributed by atoms with Crippen LogP contribution in [0, 0.1) is 0 Å². The lowest BCUT2D eigenvalue weighted by molar-refractivity contribution is -0.140. The molecule has 0 spiro atoms. The van der Waals surface area contributed by atoms with Gasteiger partial charge in [-0.15, -0.1) is 0 Å². The number of aromatic nitrogens is 2. The van der Waals surface area contributed by atoms with E-state index in [1.54, 1.807) is 24.3 Å². The summed E-state index contributed by atoms with van der Waals surface area (Å²) in [5.41, 5.74) is -0.201. The van der Waals surface area contributed by atoms with Crippen LogP contribution in [0.1, 0.15) is 0 Å². The summed E-state index contributed by atoms with van der Waals surface area (Å²) in [6, 6.07) is 9.23. The van der Waals surface area contributed by atoms with Gasteiger partial charge in [0, 0.05) is 39.1 Å². The molecule has 0 bridgehead atoms. The Labute approximate surface area is 151 Å². The molecule has 138 valence electrons. The zero-order valence-electron chi connectivity index (χ0n) is 14.6. The Kier molecular flexibility index (Phi) is 5.85. The fraction of sp³-hybridized carbons (Fsp3) is 0.389. The van der Waals surface area contributed by atoms with Crippen molar-refractivity contribution in [3.63, 3.8) is 0 Å². The summed E-state index contributed by atoms with van der Waals surface area (Å²) in [6.45, 7) is 1.81. The van der Waals surface area contributed by atoms with Crippen molar-refractivity contribution in [2.75, 3.05) is 38.2 Å².